The third kappa shape index (κ3) is 55.3. The first-order valence-electron chi connectivity index (χ1n) is 31.0. The van der Waals surface area contributed by atoms with Gasteiger partial charge >= 0.3 is 17.9 Å². The number of ether oxygens (including phenoxy) is 3. The highest BCUT2D eigenvalue weighted by Gasteiger charge is 2.19. The Kier molecular flexibility index (Phi) is 56.6. The van der Waals surface area contributed by atoms with E-state index in [1.54, 1.807) is 0 Å². The largest absolute Gasteiger partial charge is 0.462 e. The van der Waals surface area contributed by atoms with Gasteiger partial charge in [0, 0.05) is 19.3 Å². The Hall–Kier alpha value is -1.59. The second kappa shape index (κ2) is 58.0. The first-order valence-corrected chi connectivity index (χ1v) is 31.0. The van der Waals surface area contributed by atoms with E-state index in [9.17, 15) is 14.4 Å². The highest BCUT2D eigenvalue weighted by atomic mass is 16.6. The summed E-state index contributed by atoms with van der Waals surface area (Å²) in [4.78, 5) is 37.9. The van der Waals surface area contributed by atoms with Gasteiger partial charge in [-0.2, -0.15) is 0 Å². The Bertz CT molecular complexity index is 1010. The Morgan fingerprint density at radius 3 is 0.588 bits per heavy atom. The predicted molar refractivity (Wildman–Crippen MR) is 294 cm³/mol. The van der Waals surface area contributed by atoms with Crippen molar-refractivity contribution in [3.05, 3.63) is 0 Å². The molecule has 6 nitrogen and oxygen atoms in total. The van der Waals surface area contributed by atoms with Crippen LogP contribution >= 0.6 is 0 Å². The van der Waals surface area contributed by atoms with Crippen LogP contribution in [0.3, 0.4) is 0 Å². The van der Waals surface area contributed by atoms with Crippen LogP contribution in [0.5, 0.6) is 0 Å². The van der Waals surface area contributed by atoms with Gasteiger partial charge in [0.2, 0.25) is 0 Å². The lowest BCUT2D eigenvalue weighted by atomic mass is 10.0. The number of carbonyl (C=O) groups is 3. The van der Waals surface area contributed by atoms with Crippen molar-refractivity contribution in [2.75, 3.05) is 13.2 Å². The summed E-state index contributed by atoms with van der Waals surface area (Å²) in [5.41, 5.74) is 0. The molecule has 0 aromatic carbocycles. The van der Waals surface area contributed by atoms with E-state index in [2.05, 4.69) is 20.8 Å². The van der Waals surface area contributed by atoms with Crippen molar-refractivity contribution in [1.82, 2.24) is 0 Å². The smallest absolute Gasteiger partial charge is 0.306 e. The van der Waals surface area contributed by atoms with Crippen LogP contribution in [0.4, 0.5) is 0 Å². The molecule has 0 aliphatic carbocycles. The molecule has 0 aromatic rings. The van der Waals surface area contributed by atoms with Gasteiger partial charge in [-0.25, -0.2) is 0 Å². The summed E-state index contributed by atoms with van der Waals surface area (Å²) in [6, 6.07) is 0. The van der Waals surface area contributed by atoms with E-state index in [0.29, 0.717) is 19.3 Å². The number of unbranched alkanes of at least 4 members (excludes halogenated alkanes) is 47. The van der Waals surface area contributed by atoms with Crippen LogP contribution in [0.2, 0.25) is 0 Å². The van der Waals surface area contributed by atoms with Gasteiger partial charge in [-0.15, -0.1) is 0 Å². The minimum absolute atomic E-state index is 0.0624. The van der Waals surface area contributed by atoms with E-state index in [-0.39, 0.29) is 31.1 Å². The van der Waals surface area contributed by atoms with E-state index in [1.807, 2.05) is 0 Å². The van der Waals surface area contributed by atoms with Gasteiger partial charge in [0.25, 0.3) is 0 Å². The quantitative estimate of drug-likeness (QED) is 0.0343. The molecule has 404 valence electrons. The topological polar surface area (TPSA) is 78.9 Å². The molecule has 0 aliphatic heterocycles. The Morgan fingerprint density at radius 2 is 0.397 bits per heavy atom. The standard InChI is InChI=1S/C62H120O6/c1-4-7-10-13-15-17-19-21-23-25-27-29-31-33-34-36-38-40-42-44-46-49-52-55-61(64)67-58-59(57-66-60(63)54-51-48-12-9-6-3)68-62(65)56-53-50-47-45-43-41-39-37-35-32-30-28-26-24-22-20-18-16-14-11-8-5-2/h59H,4-58H2,1-3H3. The van der Waals surface area contributed by atoms with E-state index >= 15 is 0 Å². The molecule has 0 bridgehead atoms. The lowest BCUT2D eigenvalue weighted by molar-refractivity contribution is -0.167. The molecule has 0 amide bonds. The number of esters is 3. The maximum Gasteiger partial charge on any atom is 0.306 e. The second-order valence-corrected chi connectivity index (χ2v) is 21.3. The number of carbonyl (C=O) groups excluding carboxylic acids is 3. The third-order valence-corrected chi connectivity index (χ3v) is 14.4. The lowest BCUT2D eigenvalue weighted by Crippen LogP contribution is -2.30. The Balaban J connectivity index is 3.98. The van der Waals surface area contributed by atoms with Gasteiger partial charge in [-0.1, -0.05) is 323 Å². The van der Waals surface area contributed by atoms with Gasteiger partial charge in [-0.3, -0.25) is 14.4 Å². The molecule has 0 heterocycles. The maximum absolute atomic E-state index is 12.8. The summed E-state index contributed by atoms with van der Waals surface area (Å²) < 4.78 is 16.8. The van der Waals surface area contributed by atoms with Crippen LogP contribution in [0, 0.1) is 0 Å². The summed E-state index contributed by atoms with van der Waals surface area (Å²) in [5, 5.41) is 0. The summed E-state index contributed by atoms with van der Waals surface area (Å²) in [5.74, 6) is -0.848. The van der Waals surface area contributed by atoms with Crippen molar-refractivity contribution in [2.24, 2.45) is 0 Å². The SMILES string of the molecule is CCCCCCCCCCCCCCCCCCCCCCCCCC(=O)OCC(COC(=O)CCCCCCC)OC(=O)CCCCCCCCCCCCCCCCCCCCCCCC. The minimum atomic E-state index is -0.760. The highest BCUT2D eigenvalue weighted by molar-refractivity contribution is 5.71. The average molecular weight is 962 g/mol. The zero-order valence-electron chi connectivity index (χ0n) is 46.4. The third-order valence-electron chi connectivity index (χ3n) is 14.4. The van der Waals surface area contributed by atoms with Gasteiger partial charge in [0.15, 0.2) is 6.10 Å². The zero-order chi connectivity index (χ0) is 49.3. The Morgan fingerprint density at radius 1 is 0.235 bits per heavy atom. The molecular formula is C62H120O6. The predicted octanol–water partition coefficient (Wildman–Crippen LogP) is 20.7. The molecule has 0 spiro atoms. The summed E-state index contributed by atoms with van der Waals surface area (Å²) in [6.07, 6.45) is 65.9. The minimum Gasteiger partial charge on any atom is -0.462 e. The molecule has 0 radical (unpaired) electrons. The van der Waals surface area contributed by atoms with Crippen LogP contribution in [-0.2, 0) is 28.6 Å². The fourth-order valence-electron chi connectivity index (χ4n) is 9.68. The van der Waals surface area contributed by atoms with E-state index in [4.69, 9.17) is 14.2 Å². The molecule has 0 rings (SSSR count). The monoisotopic (exact) mass is 961 g/mol. The molecule has 0 saturated carbocycles. The first-order chi connectivity index (χ1) is 33.5. The van der Waals surface area contributed by atoms with Crippen LogP contribution in [0.25, 0.3) is 0 Å². The van der Waals surface area contributed by atoms with Crippen LogP contribution < -0.4 is 0 Å². The van der Waals surface area contributed by atoms with Gasteiger partial charge < -0.3 is 14.2 Å². The average Bonchev–Trinajstić information content (AvgIpc) is 3.34. The van der Waals surface area contributed by atoms with Crippen molar-refractivity contribution in [2.45, 2.75) is 367 Å². The summed E-state index contributed by atoms with van der Waals surface area (Å²) in [6.45, 7) is 6.64. The van der Waals surface area contributed by atoms with E-state index in [1.165, 1.54) is 257 Å². The first kappa shape index (κ1) is 66.4. The fraction of sp³-hybridized carbons (Fsp3) is 0.952. The Labute approximate surface area is 425 Å². The molecule has 0 fully saturated rings. The maximum atomic E-state index is 12.8. The van der Waals surface area contributed by atoms with Gasteiger partial charge in [-0.05, 0) is 19.3 Å². The summed E-state index contributed by atoms with van der Waals surface area (Å²) in [7, 11) is 0. The number of hydrogen-bond acceptors (Lipinski definition) is 6. The summed E-state index contributed by atoms with van der Waals surface area (Å²) >= 11 is 0. The molecule has 0 saturated heterocycles. The van der Waals surface area contributed by atoms with Crippen molar-refractivity contribution in [3.63, 3.8) is 0 Å². The fourth-order valence-corrected chi connectivity index (χ4v) is 9.68. The molecule has 0 aliphatic rings. The normalized spacial score (nSPS) is 11.9. The molecular weight excluding hydrogens is 841 g/mol. The van der Waals surface area contributed by atoms with Crippen molar-refractivity contribution in [1.29, 1.82) is 0 Å². The number of hydrogen-bond donors (Lipinski definition) is 0. The van der Waals surface area contributed by atoms with Crippen molar-refractivity contribution >= 4 is 17.9 Å². The molecule has 0 N–H and O–H groups in total. The molecule has 68 heavy (non-hydrogen) atoms. The highest BCUT2D eigenvalue weighted by Crippen LogP contribution is 2.18. The molecule has 1 atom stereocenters. The van der Waals surface area contributed by atoms with Crippen LogP contribution in [0.1, 0.15) is 361 Å². The zero-order valence-corrected chi connectivity index (χ0v) is 46.4. The van der Waals surface area contributed by atoms with Crippen molar-refractivity contribution in [3.8, 4) is 0 Å². The van der Waals surface area contributed by atoms with Crippen LogP contribution in [-0.4, -0.2) is 37.2 Å². The van der Waals surface area contributed by atoms with Gasteiger partial charge in [0.1, 0.15) is 13.2 Å². The van der Waals surface area contributed by atoms with Crippen LogP contribution in [0.15, 0.2) is 0 Å². The molecule has 1 unspecified atom stereocenters. The van der Waals surface area contributed by atoms with E-state index in [0.717, 1.165) is 64.2 Å². The van der Waals surface area contributed by atoms with Gasteiger partial charge in [0.05, 0.1) is 0 Å². The van der Waals surface area contributed by atoms with E-state index < -0.39 is 6.10 Å². The number of rotatable bonds is 58. The lowest BCUT2D eigenvalue weighted by Gasteiger charge is -2.18. The molecule has 6 heteroatoms. The second-order valence-electron chi connectivity index (χ2n) is 21.3. The van der Waals surface area contributed by atoms with Crippen molar-refractivity contribution < 1.29 is 28.6 Å². The molecule has 0 aromatic heterocycles.